The minimum atomic E-state index is -0.822. The molecule has 0 bridgehead atoms. The number of benzene rings is 3. The highest BCUT2D eigenvalue weighted by atomic mass is 35.5. The standard InChI is InChI=1S/C32H25Cl2N5O3/c1-3-38(4-2)20-14-13-18-15-22(32(40)41-25(18)16-20)29-27-26(21-11-8-12-24(33)28(21)34)23(17-35)30(36)42-31(27)39(37-29)19-9-6-5-7-10-19/h5-16,26H,3-4,36H2,1-2H3. The van der Waals surface area contributed by atoms with Gasteiger partial charge in [-0.05, 0) is 55.8 Å². The van der Waals surface area contributed by atoms with E-state index in [1.165, 1.54) is 0 Å². The molecule has 42 heavy (non-hydrogen) atoms. The molecule has 0 radical (unpaired) electrons. The molecule has 1 unspecified atom stereocenters. The number of fused-ring (bicyclic) bond motifs is 2. The maximum absolute atomic E-state index is 13.6. The first kappa shape index (κ1) is 27.5. The van der Waals surface area contributed by atoms with Gasteiger partial charge in [-0.25, -0.2) is 4.79 Å². The van der Waals surface area contributed by atoms with Crippen molar-refractivity contribution in [1.29, 1.82) is 5.26 Å². The van der Waals surface area contributed by atoms with E-state index < -0.39 is 11.5 Å². The highest BCUT2D eigenvalue weighted by molar-refractivity contribution is 6.42. The zero-order chi connectivity index (χ0) is 29.5. The lowest BCUT2D eigenvalue weighted by molar-refractivity contribution is 0.367. The molecule has 3 aromatic carbocycles. The minimum absolute atomic E-state index is 0.0934. The summed E-state index contributed by atoms with van der Waals surface area (Å²) in [5.74, 6) is -0.660. The zero-order valence-corrected chi connectivity index (χ0v) is 24.3. The third-order valence-electron chi connectivity index (χ3n) is 7.44. The van der Waals surface area contributed by atoms with Crippen molar-refractivity contribution in [2.24, 2.45) is 5.73 Å². The number of rotatable bonds is 6. The van der Waals surface area contributed by atoms with Crippen molar-refractivity contribution in [1.82, 2.24) is 9.78 Å². The molecule has 1 aliphatic rings. The van der Waals surface area contributed by atoms with Gasteiger partial charge in [-0.2, -0.15) is 15.0 Å². The SMILES string of the molecule is CCN(CC)c1ccc2cc(-c3nn(-c4ccccc4)c4c3C(c3cccc(Cl)c3Cl)C(C#N)=C(N)O4)c(=O)oc2c1. The fourth-order valence-electron chi connectivity index (χ4n) is 5.39. The van der Waals surface area contributed by atoms with E-state index in [2.05, 4.69) is 24.8 Å². The Labute approximate surface area is 251 Å². The number of nitriles is 1. The monoisotopic (exact) mass is 597 g/mol. The maximum atomic E-state index is 13.6. The molecule has 210 valence electrons. The summed E-state index contributed by atoms with van der Waals surface area (Å²) in [5, 5.41) is 16.4. The van der Waals surface area contributed by atoms with Crippen molar-refractivity contribution in [3.8, 4) is 28.9 Å². The van der Waals surface area contributed by atoms with Crippen LogP contribution in [0.25, 0.3) is 27.9 Å². The third kappa shape index (κ3) is 4.48. The molecule has 0 amide bonds. The van der Waals surface area contributed by atoms with Crippen LogP contribution >= 0.6 is 23.2 Å². The summed E-state index contributed by atoms with van der Waals surface area (Å²) < 4.78 is 13.5. The zero-order valence-electron chi connectivity index (χ0n) is 22.8. The van der Waals surface area contributed by atoms with E-state index in [9.17, 15) is 10.1 Å². The van der Waals surface area contributed by atoms with Crippen LogP contribution in [0.4, 0.5) is 5.69 Å². The van der Waals surface area contributed by atoms with Crippen LogP contribution < -0.4 is 21.0 Å². The average molecular weight is 598 g/mol. The average Bonchev–Trinajstić information content (AvgIpc) is 3.37. The van der Waals surface area contributed by atoms with Crippen molar-refractivity contribution in [2.45, 2.75) is 19.8 Å². The molecule has 2 aromatic heterocycles. The largest absolute Gasteiger partial charge is 0.422 e. The van der Waals surface area contributed by atoms with Crippen LogP contribution in [0.1, 0.15) is 30.9 Å². The summed E-state index contributed by atoms with van der Waals surface area (Å²) in [7, 11) is 0. The molecule has 3 heterocycles. The first-order valence-electron chi connectivity index (χ1n) is 13.4. The minimum Gasteiger partial charge on any atom is -0.422 e. The van der Waals surface area contributed by atoms with Gasteiger partial charge in [0.25, 0.3) is 0 Å². The summed E-state index contributed by atoms with van der Waals surface area (Å²) >= 11 is 13.1. The second kappa shape index (κ2) is 10.9. The molecule has 6 rings (SSSR count). The number of nitrogens with zero attached hydrogens (tertiary/aromatic N) is 4. The normalized spacial score (nSPS) is 14.4. The van der Waals surface area contributed by atoms with Crippen LogP contribution in [-0.4, -0.2) is 22.9 Å². The molecule has 1 atom stereocenters. The molecule has 0 saturated carbocycles. The molecular weight excluding hydrogens is 573 g/mol. The van der Waals surface area contributed by atoms with E-state index in [1.807, 2.05) is 48.5 Å². The Kier molecular flexibility index (Phi) is 7.15. The summed E-state index contributed by atoms with van der Waals surface area (Å²) in [6.45, 7) is 5.78. The Morgan fingerprint density at radius 1 is 1.05 bits per heavy atom. The number of anilines is 1. The number of para-hydroxylation sites is 1. The highest BCUT2D eigenvalue weighted by Crippen LogP contribution is 2.49. The second-order valence-corrected chi connectivity index (χ2v) is 10.5. The maximum Gasteiger partial charge on any atom is 0.345 e. The first-order valence-corrected chi connectivity index (χ1v) is 14.1. The molecule has 0 spiro atoms. The number of nitrogens with two attached hydrogens (primary N) is 1. The van der Waals surface area contributed by atoms with Crippen molar-refractivity contribution < 1.29 is 9.15 Å². The topological polar surface area (TPSA) is 110 Å². The lowest BCUT2D eigenvalue weighted by Gasteiger charge is -2.26. The highest BCUT2D eigenvalue weighted by Gasteiger charge is 2.39. The number of hydrogen-bond acceptors (Lipinski definition) is 7. The van der Waals surface area contributed by atoms with Crippen LogP contribution in [-0.2, 0) is 0 Å². The van der Waals surface area contributed by atoms with E-state index in [0.29, 0.717) is 32.8 Å². The van der Waals surface area contributed by atoms with Crippen LogP contribution in [0.3, 0.4) is 0 Å². The Hall–Kier alpha value is -4.71. The van der Waals surface area contributed by atoms with Crippen LogP contribution in [0.15, 0.2) is 93.5 Å². The van der Waals surface area contributed by atoms with Gasteiger partial charge in [-0.3, -0.25) is 0 Å². The Morgan fingerprint density at radius 3 is 2.52 bits per heavy atom. The molecule has 8 nitrogen and oxygen atoms in total. The van der Waals surface area contributed by atoms with E-state index in [1.54, 1.807) is 28.9 Å². The molecule has 0 saturated heterocycles. The Balaban J connectivity index is 1.65. The van der Waals surface area contributed by atoms with Crippen LogP contribution in [0, 0.1) is 11.3 Å². The van der Waals surface area contributed by atoms with Gasteiger partial charge in [-0.1, -0.05) is 53.5 Å². The molecule has 1 aliphatic heterocycles. The van der Waals surface area contributed by atoms with E-state index in [0.717, 1.165) is 18.8 Å². The summed E-state index contributed by atoms with van der Waals surface area (Å²) in [4.78, 5) is 15.8. The summed E-state index contributed by atoms with van der Waals surface area (Å²) in [5.41, 5.74) is 9.37. The van der Waals surface area contributed by atoms with Gasteiger partial charge in [0.2, 0.25) is 11.8 Å². The van der Waals surface area contributed by atoms with Crippen molar-refractivity contribution in [3.05, 3.63) is 116 Å². The second-order valence-electron chi connectivity index (χ2n) is 9.72. The number of aromatic nitrogens is 2. The molecule has 0 fully saturated rings. The molecule has 0 aliphatic carbocycles. The van der Waals surface area contributed by atoms with Crippen molar-refractivity contribution >= 4 is 39.9 Å². The van der Waals surface area contributed by atoms with Crippen molar-refractivity contribution in [2.75, 3.05) is 18.0 Å². The molecular formula is C32H25Cl2N5O3. The predicted molar refractivity (Wildman–Crippen MR) is 164 cm³/mol. The van der Waals surface area contributed by atoms with Gasteiger partial charge < -0.3 is 19.8 Å². The van der Waals surface area contributed by atoms with Crippen molar-refractivity contribution in [3.63, 3.8) is 0 Å². The number of hydrogen-bond donors (Lipinski definition) is 1. The van der Waals surface area contributed by atoms with Gasteiger partial charge in [0.05, 0.1) is 32.8 Å². The fraction of sp³-hybridized carbons (Fsp3) is 0.156. The Bertz CT molecular complexity index is 1970. The summed E-state index contributed by atoms with van der Waals surface area (Å²) in [6.07, 6.45) is 0. The third-order valence-corrected chi connectivity index (χ3v) is 8.28. The lowest BCUT2D eigenvalue weighted by atomic mass is 9.83. The van der Waals surface area contributed by atoms with E-state index in [-0.39, 0.29) is 33.6 Å². The Morgan fingerprint density at radius 2 is 1.81 bits per heavy atom. The van der Waals surface area contributed by atoms with E-state index >= 15 is 0 Å². The molecule has 10 heteroatoms. The molecule has 2 N–H and O–H groups in total. The van der Waals surface area contributed by atoms with Crippen LogP contribution in [0.5, 0.6) is 5.88 Å². The van der Waals surface area contributed by atoms with Gasteiger partial charge >= 0.3 is 5.63 Å². The summed E-state index contributed by atoms with van der Waals surface area (Å²) in [6, 6.07) is 24.1. The van der Waals surface area contributed by atoms with E-state index in [4.69, 9.17) is 43.2 Å². The smallest absolute Gasteiger partial charge is 0.345 e. The van der Waals surface area contributed by atoms with Gasteiger partial charge in [0.15, 0.2) is 0 Å². The lowest BCUT2D eigenvalue weighted by Crippen LogP contribution is -2.22. The van der Waals surface area contributed by atoms with Gasteiger partial charge in [0.1, 0.15) is 22.9 Å². The quantitative estimate of drug-likeness (QED) is 0.209. The fourth-order valence-corrected chi connectivity index (χ4v) is 5.80. The van der Waals surface area contributed by atoms with Crippen LogP contribution in [0.2, 0.25) is 10.0 Å². The number of ether oxygens (including phenoxy) is 1. The van der Waals surface area contributed by atoms with Gasteiger partial charge in [0, 0.05) is 30.2 Å². The number of halogens is 2. The first-order chi connectivity index (χ1) is 20.4. The molecule has 5 aromatic rings. The number of allylic oxidation sites excluding steroid dienone is 1. The van der Waals surface area contributed by atoms with Gasteiger partial charge in [-0.15, -0.1) is 0 Å². The predicted octanol–water partition coefficient (Wildman–Crippen LogP) is 7.02.